The van der Waals surface area contributed by atoms with E-state index in [1.54, 1.807) is 0 Å². The Morgan fingerprint density at radius 3 is 2.53 bits per heavy atom. The van der Waals surface area contributed by atoms with Crippen LogP contribution in [0, 0.1) is 5.82 Å². The summed E-state index contributed by atoms with van der Waals surface area (Å²) in [5.41, 5.74) is 0. The topological polar surface area (TPSA) is 29.5 Å². The van der Waals surface area contributed by atoms with Gasteiger partial charge in [0.25, 0.3) is 0 Å². The molecule has 7 heteroatoms. The zero-order chi connectivity index (χ0) is 13.1. The van der Waals surface area contributed by atoms with Crippen LogP contribution in [0.1, 0.15) is 6.42 Å². The SMILES string of the molecule is O[C@@H](COc1ccc(F)c(Cl)c1)CC(F)(F)F. The lowest BCUT2D eigenvalue weighted by atomic mass is 10.2. The predicted octanol–water partition coefficient (Wildman–Crippen LogP) is 3.17. The molecule has 0 bridgehead atoms. The standard InChI is InChI=1S/C10H9ClF4O2/c11-8-3-7(1-2-9(8)12)17-5-6(16)4-10(13,14)15/h1-3,6,16H,4-5H2/t6-/m1/s1. The van der Waals surface area contributed by atoms with Crippen molar-refractivity contribution < 1.29 is 27.4 Å². The normalized spacial score (nSPS) is 13.5. The lowest BCUT2D eigenvalue weighted by Crippen LogP contribution is -2.25. The Labute approximate surface area is 99.8 Å². The van der Waals surface area contributed by atoms with E-state index in [9.17, 15) is 17.6 Å². The molecule has 96 valence electrons. The molecular weight excluding hydrogens is 264 g/mol. The van der Waals surface area contributed by atoms with Gasteiger partial charge in [-0.15, -0.1) is 0 Å². The van der Waals surface area contributed by atoms with E-state index in [2.05, 4.69) is 0 Å². The number of hydrogen-bond donors (Lipinski definition) is 1. The first-order valence-electron chi connectivity index (χ1n) is 4.60. The number of halogens is 5. The van der Waals surface area contributed by atoms with Gasteiger partial charge in [-0.25, -0.2) is 4.39 Å². The molecular formula is C10H9ClF4O2. The molecule has 0 saturated heterocycles. The van der Waals surface area contributed by atoms with Crippen LogP contribution >= 0.6 is 11.6 Å². The van der Waals surface area contributed by atoms with Gasteiger partial charge in [-0.3, -0.25) is 0 Å². The van der Waals surface area contributed by atoms with Crippen molar-refractivity contribution in [1.82, 2.24) is 0 Å². The van der Waals surface area contributed by atoms with Crippen molar-refractivity contribution in [3.63, 3.8) is 0 Å². The van der Waals surface area contributed by atoms with Crippen LogP contribution in [0.5, 0.6) is 5.75 Å². The van der Waals surface area contributed by atoms with Crippen molar-refractivity contribution in [2.45, 2.75) is 18.7 Å². The molecule has 0 aliphatic rings. The quantitative estimate of drug-likeness (QED) is 0.853. The van der Waals surface area contributed by atoms with Gasteiger partial charge in [-0.05, 0) is 12.1 Å². The minimum atomic E-state index is -4.46. The lowest BCUT2D eigenvalue weighted by molar-refractivity contribution is -0.156. The maximum atomic E-state index is 12.7. The summed E-state index contributed by atoms with van der Waals surface area (Å²) in [6, 6.07) is 3.35. The maximum Gasteiger partial charge on any atom is 0.391 e. The minimum Gasteiger partial charge on any atom is -0.491 e. The Morgan fingerprint density at radius 1 is 1.35 bits per heavy atom. The van der Waals surface area contributed by atoms with Crippen molar-refractivity contribution in [1.29, 1.82) is 0 Å². The highest BCUT2D eigenvalue weighted by atomic mass is 35.5. The summed E-state index contributed by atoms with van der Waals surface area (Å²) in [7, 11) is 0. The number of aliphatic hydroxyl groups excluding tert-OH is 1. The first-order valence-corrected chi connectivity index (χ1v) is 4.98. The van der Waals surface area contributed by atoms with Crippen LogP contribution in [-0.2, 0) is 0 Å². The monoisotopic (exact) mass is 272 g/mol. The number of alkyl halides is 3. The van der Waals surface area contributed by atoms with Crippen molar-refractivity contribution in [3.8, 4) is 5.75 Å². The molecule has 0 fully saturated rings. The molecule has 1 N–H and O–H groups in total. The first kappa shape index (κ1) is 14.1. The van der Waals surface area contributed by atoms with E-state index in [1.165, 1.54) is 6.07 Å². The molecule has 0 spiro atoms. The highest BCUT2D eigenvalue weighted by molar-refractivity contribution is 6.30. The minimum absolute atomic E-state index is 0.0950. The number of aliphatic hydroxyl groups is 1. The zero-order valence-corrected chi connectivity index (χ0v) is 9.22. The van der Waals surface area contributed by atoms with Crippen molar-refractivity contribution in [3.05, 3.63) is 29.0 Å². The highest BCUT2D eigenvalue weighted by Gasteiger charge is 2.31. The average molecular weight is 273 g/mol. The number of benzene rings is 1. The van der Waals surface area contributed by atoms with Crippen LogP contribution < -0.4 is 4.74 Å². The van der Waals surface area contributed by atoms with Gasteiger partial charge in [0.2, 0.25) is 0 Å². The number of rotatable bonds is 4. The van der Waals surface area contributed by atoms with E-state index in [1.807, 2.05) is 0 Å². The van der Waals surface area contributed by atoms with Crippen LogP contribution in [0.3, 0.4) is 0 Å². The lowest BCUT2D eigenvalue weighted by Gasteiger charge is -2.14. The van der Waals surface area contributed by atoms with Crippen LogP contribution in [0.25, 0.3) is 0 Å². The Balaban J connectivity index is 2.47. The van der Waals surface area contributed by atoms with Gasteiger partial charge in [-0.2, -0.15) is 13.2 Å². The van der Waals surface area contributed by atoms with E-state index in [-0.39, 0.29) is 10.8 Å². The summed E-state index contributed by atoms with van der Waals surface area (Å²) in [4.78, 5) is 0. The molecule has 0 aliphatic heterocycles. The second-order valence-electron chi connectivity index (χ2n) is 3.36. The Hall–Kier alpha value is -1.01. The average Bonchev–Trinajstić information content (AvgIpc) is 2.17. The Bertz CT molecular complexity index is 381. The van der Waals surface area contributed by atoms with E-state index < -0.39 is 31.1 Å². The highest BCUT2D eigenvalue weighted by Crippen LogP contribution is 2.23. The summed E-state index contributed by atoms with van der Waals surface area (Å²) < 4.78 is 53.2. The summed E-state index contributed by atoms with van der Waals surface area (Å²) in [5, 5.41) is 8.82. The van der Waals surface area contributed by atoms with Crippen molar-refractivity contribution in [2.24, 2.45) is 0 Å². The van der Waals surface area contributed by atoms with E-state index in [0.29, 0.717) is 0 Å². The maximum absolute atomic E-state index is 12.7. The molecule has 17 heavy (non-hydrogen) atoms. The number of ether oxygens (including phenoxy) is 1. The summed E-state index contributed by atoms with van der Waals surface area (Å²) >= 11 is 5.44. The Kier molecular flexibility index (Phi) is 4.59. The van der Waals surface area contributed by atoms with Crippen LogP contribution in [0.2, 0.25) is 5.02 Å². The zero-order valence-electron chi connectivity index (χ0n) is 8.47. The fraction of sp³-hybridized carbons (Fsp3) is 0.400. The third-order valence-corrected chi connectivity index (χ3v) is 2.09. The number of hydrogen-bond acceptors (Lipinski definition) is 2. The second kappa shape index (κ2) is 5.55. The first-order chi connectivity index (χ1) is 7.78. The van der Waals surface area contributed by atoms with Crippen LogP contribution in [0.4, 0.5) is 17.6 Å². The third-order valence-electron chi connectivity index (χ3n) is 1.80. The molecule has 1 aromatic carbocycles. The fourth-order valence-electron chi connectivity index (χ4n) is 1.09. The van der Waals surface area contributed by atoms with Gasteiger partial charge in [-0.1, -0.05) is 11.6 Å². The van der Waals surface area contributed by atoms with E-state index in [4.69, 9.17) is 21.4 Å². The predicted molar refractivity (Wildman–Crippen MR) is 53.6 cm³/mol. The van der Waals surface area contributed by atoms with Crippen LogP contribution in [0.15, 0.2) is 18.2 Å². The molecule has 2 nitrogen and oxygen atoms in total. The van der Waals surface area contributed by atoms with Crippen LogP contribution in [-0.4, -0.2) is 24.0 Å². The third kappa shape index (κ3) is 5.23. The summed E-state index contributed by atoms with van der Waals surface area (Å²) in [5.74, 6) is -0.563. The smallest absolute Gasteiger partial charge is 0.391 e. The van der Waals surface area contributed by atoms with E-state index >= 15 is 0 Å². The molecule has 1 atom stereocenters. The largest absolute Gasteiger partial charge is 0.491 e. The fourth-order valence-corrected chi connectivity index (χ4v) is 1.26. The molecule has 1 aromatic rings. The van der Waals surface area contributed by atoms with Gasteiger partial charge in [0, 0.05) is 6.07 Å². The van der Waals surface area contributed by atoms with Crippen molar-refractivity contribution >= 4 is 11.6 Å². The van der Waals surface area contributed by atoms with E-state index in [0.717, 1.165) is 12.1 Å². The van der Waals surface area contributed by atoms with Gasteiger partial charge in [0.05, 0.1) is 17.5 Å². The molecule has 0 amide bonds. The second-order valence-corrected chi connectivity index (χ2v) is 3.77. The summed E-state index contributed by atoms with van der Waals surface area (Å²) in [6.07, 6.45) is -7.48. The van der Waals surface area contributed by atoms with Gasteiger partial charge in [0.1, 0.15) is 18.2 Å². The van der Waals surface area contributed by atoms with Gasteiger partial charge < -0.3 is 9.84 Å². The molecule has 0 saturated carbocycles. The molecule has 0 heterocycles. The molecule has 0 radical (unpaired) electrons. The van der Waals surface area contributed by atoms with Gasteiger partial charge >= 0.3 is 6.18 Å². The molecule has 0 unspecified atom stereocenters. The van der Waals surface area contributed by atoms with Crippen molar-refractivity contribution in [2.75, 3.05) is 6.61 Å². The molecule has 0 aromatic heterocycles. The van der Waals surface area contributed by atoms with Gasteiger partial charge in [0.15, 0.2) is 0 Å². The Morgan fingerprint density at radius 2 is 2.00 bits per heavy atom. The summed E-state index contributed by atoms with van der Waals surface area (Å²) in [6.45, 7) is -0.540. The molecule has 0 aliphatic carbocycles. The molecule has 1 rings (SSSR count).